The highest BCUT2D eigenvalue weighted by atomic mass is 19.1. The molecule has 11 heteroatoms. The number of morpholine rings is 1. The van der Waals surface area contributed by atoms with E-state index in [9.17, 15) is 9.59 Å². The molecule has 1 aromatic carbocycles. The zero-order valence-electron chi connectivity index (χ0n) is 20.7. The van der Waals surface area contributed by atoms with Crippen LogP contribution in [0.5, 0.6) is 5.88 Å². The molecule has 0 saturated carbocycles. The van der Waals surface area contributed by atoms with Crippen molar-refractivity contribution in [2.45, 2.75) is 0 Å². The van der Waals surface area contributed by atoms with E-state index in [1.807, 2.05) is 0 Å². The Labute approximate surface area is 217 Å². The summed E-state index contributed by atoms with van der Waals surface area (Å²) in [6.45, 7) is 4.53. The molecule has 196 valence electrons. The van der Waals surface area contributed by atoms with Gasteiger partial charge in [-0.1, -0.05) is 0 Å². The predicted molar refractivity (Wildman–Crippen MR) is 139 cm³/mol. The van der Waals surface area contributed by atoms with Crippen molar-refractivity contribution in [2.24, 2.45) is 0 Å². The van der Waals surface area contributed by atoms with Gasteiger partial charge < -0.3 is 19.5 Å². The Balaban J connectivity index is 1.32. The number of esters is 1. The van der Waals surface area contributed by atoms with Crippen LogP contribution in [0, 0.1) is 5.82 Å². The molecule has 0 bridgehead atoms. The van der Waals surface area contributed by atoms with E-state index >= 15 is 4.39 Å². The van der Waals surface area contributed by atoms with Crippen molar-refractivity contribution in [3.8, 4) is 11.6 Å². The van der Waals surface area contributed by atoms with Gasteiger partial charge in [0.15, 0.2) is 0 Å². The van der Waals surface area contributed by atoms with Crippen molar-refractivity contribution < 1.29 is 23.4 Å². The zero-order chi connectivity index (χ0) is 26.5. The number of nitrogens with one attached hydrogen (secondary N) is 1. The smallest absolute Gasteiger partial charge is 0.343 e. The van der Waals surface area contributed by atoms with Crippen LogP contribution in [0.1, 0.15) is 10.4 Å². The first-order valence-electron chi connectivity index (χ1n) is 12.1. The number of halogens is 1. The number of aromatic nitrogens is 3. The van der Waals surface area contributed by atoms with Crippen molar-refractivity contribution in [2.75, 3.05) is 51.9 Å². The Hall–Kier alpha value is -4.35. The monoisotopic (exact) mass is 519 g/mol. The van der Waals surface area contributed by atoms with Gasteiger partial charge in [-0.25, -0.2) is 14.2 Å². The number of carbonyl (C=O) groups excluding carboxylic acids is 1. The van der Waals surface area contributed by atoms with Crippen LogP contribution in [-0.4, -0.2) is 72.0 Å². The third-order valence-corrected chi connectivity index (χ3v) is 6.22. The maximum atomic E-state index is 15.1. The first-order valence-corrected chi connectivity index (χ1v) is 12.1. The van der Waals surface area contributed by atoms with Gasteiger partial charge in [0.2, 0.25) is 5.88 Å². The maximum absolute atomic E-state index is 15.1. The quantitative estimate of drug-likeness (QED) is 0.351. The molecule has 0 unspecified atom stereocenters. The molecule has 0 aliphatic carbocycles. The number of hydrogen-bond acceptors (Lipinski definition) is 9. The zero-order valence-corrected chi connectivity index (χ0v) is 20.7. The van der Waals surface area contributed by atoms with Crippen LogP contribution in [0.4, 0.5) is 15.8 Å². The highest BCUT2D eigenvalue weighted by molar-refractivity contribution is 5.92. The van der Waals surface area contributed by atoms with Crippen molar-refractivity contribution >= 4 is 28.2 Å². The Kier molecular flexibility index (Phi) is 7.57. The Morgan fingerprint density at radius 2 is 1.97 bits per heavy atom. The number of methoxy groups -OCH3 is 1. The number of hydrogen-bond donors (Lipinski definition) is 1. The van der Waals surface area contributed by atoms with Crippen molar-refractivity contribution in [1.29, 1.82) is 0 Å². The predicted octanol–water partition coefficient (Wildman–Crippen LogP) is 3.16. The second-order valence-corrected chi connectivity index (χ2v) is 8.58. The number of benzene rings is 1. The second kappa shape index (κ2) is 11.4. The average Bonchev–Trinajstić information content (AvgIpc) is 2.94. The minimum atomic E-state index is -0.757. The molecular weight excluding hydrogens is 493 g/mol. The van der Waals surface area contributed by atoms with E-state index in [0.29, 0.717) is 29.1 Å². The molecule has 0 radical (unpaired) electrons. The molecule has 5 rings (SSSR count). The van der Waals surface area contributed by atoms with Crippen LogP contribution < -0.4 is 15.6 Å². The molecule has 1 saturated heterocycles. The summed E-state index contributed by atoms with van der Waals surface area (Å²) in [5, 5.41) is 3.77. The van der Waals surface area contributed by atoms with E-state index in [4.69, 9.17) is 9.47 Å². The van der Waals surface area contributed by atoms with E-state index in [-0.39, 0.29) is 16.9 Å². The molecule has 1 N–H and O–H groups in total. The van der Waals surface area contributed by atoms with Crippen LogP contribution >= 0.6 is 0 Å². The summed E-state index contributed by atoms with van der Waals surface area (Å²) in [7, 11) is 1.19. The van der Waals surface area contributed by atoms with Gasteiger partial charge in [0.1, 0.15) is 18.0 Å². The maximum Gasteiger partial charge on any atom is 0.343 e. The topological polar surface area (TPSA) is 108 Å². The van der Waals surface area contributed by atoms with E-state index in [2.05, 4.69) is 24.9 Å². The molecular formula is C27H26FN5O5. The summed E-state index contributed by atoms with van der Waals surface area (Å²) in [4.78, 5) is 35.6. The number of carbonyl (C=O) groups is 1. The lowest BCUT2D eigenvalue weighted by Crippen LogP contribution is -2.38. The van der Waals surface area contributed by atoms with Gasteiger partial charge in [-0.05, 0) is 30.3 Å². The molecule has 4 aromatic rings. The Morgan fingerprint density at radius 1 is 1.13 bits per heavy atom. The van der Waals surface area contributed by atoms with Crippen molar-refractivity contribution in [3.05, 3.63) is 82.8 Å². The minimum absolute atomic E-state index is 0.141. The third kappa shape index (κ3) is 5.48. The molecule has 4 heterocycles. The summed E-state index contributed by atoms with van der Waals surface area (Å²) in [5.74, 6) is -0.878. The largest absolute Gasteiger partial charge is 0.476 e. The van der Waals surface area contributed by atoms with Crippen LogP contribution in [-0.2, 0) is 9.47 Å². The van der Waals surface area contributed by atoms with E-state index in [1.165, 1.54) is 42.1 Å². The summed E-state index contributed by atoms with van der Waals surface area (Å²) in [5.41, 5.74) is 0.980. The van der Waals surface area contributed by atoms with Crippen molar-refractivity contribution in [3.63, 3.8) is 0 Å². The summed E-state index contributed by atoms with van der Waals surface area (Å²) < 4.78 is 32.1. The number of nitrogens with zero attached hydrogens (tertiary/aromatic N) is 4. The van der Waals surface area contributed by atoms with Gasteiger partial charge in [-0.2, -0.15) is 0 Å². The SMILES string of the molecule is COC(=O)c1cccn(-c2ccc(Nc3ccnc4cc(OCCN5CCOCC5)ncc34)c(F)c2)c1=O. The molecule has 1 aliphatic heterocycles. The molecule has 0 amide bonds. The fourth-order valence-electron chi connectivity index (χ4n) is 4.18. The third-order valence-electron chi connectivity index (χ3n) is 6.22. The van der Waals surface area contributed by atoms with Gasteiger partial charge in [0, 0.05) is 55.7 Å². The lowest BCUT2D eigenvalue weighted by atomic mass is 10.2. The normalized spacial score (nSPS) is 13.8. The number of ether oxygens (including phenoxy) is 3. The molecule has 1 aliphatic rings. The van der Waals surface area contributed by atoms with Gasteiger partial charge in [-0.3, -0.25) is 19.2 Å². The van der Waals surface area contributed by atoms with Gasteiger partial charge >= 0.3 is 5.97 Å². The Morgan fingerprint density at radius 3 is 2.76 bits per heavy atom. The molecule has 10 nitrogen and oxygen atoms in total. The van der Waals surface area contributed by atoms with Crippen LogP contribution in [0.3, 0.4) is 0 Å². The number of anilines is 2. The van der Waals surface area contributed by atoms with Crippen LogP contribution in [0.15, 0.2) is 65.8 Å². The minimum Gasteiger partial charge on any atom is -0.476 e. The van der Waals surface area contributed by atoms with Crippen molar-refractivity contribution in [1.82, 2.24) is 19.4 Å². The van der Waals surface area contributed by atoms with Crippen LogP contribution in [0.25, 0.3) is 16.6 Å². The highest BCUT2D eigenvalue weighted by Gasteiger charge is 2.15. The molecule has 0 atom stereocenters. The first-order chi connectivity index (χ1) is 18.5. The summed E-state index contributed by atoms with van der Waals surface area (Å²) in [6, 6.07) is 10.7. The number of rotatable bonds is 8. The lowest BCUT2D eigenvalue weighted by Gasteiger charge is -2.26. The van der Waals surface area contributed by atoms with E-state index in [0.717, 1.165) is 32.8 Å². The highest BCUT2D eigenvalue weighted by Crippen LogP contribution is 2.28. The van der Waals surface area contributed by atoms with E-state index in [1.54, 1.807) is 30.6 Å². The lowest BCUT2D eigenvalue weighted by molar-refractivity contribution is 0.0320. The first kappa shape index (κ1) is 25.3. The second-order valence-electron chi connectivity index (χ2n) is 8.58. The fraction of sp³-hybridized carbons (Fsp3) is 0.259. The van der Waals surface area contributed by atoms with Gasteiger partial charge in [0.05, 0.1) is 42.9 Å². The summed E-state index contributed by atoms with van der Waals surface area (Å²) in [6.07, 6.45) is 4.71. The summed E-state index contributed by atoms with van der Waals surface area (Å²) >= 11 is 0. The molecule has 38 heavy (non-hydrogen) atoms. The average molecular weight is 520 g/mol. The van der Waals surface area contributed by atoms with Crippen LogP contribution in [0.2, 0.25) is 0 Å². The number of pyridine rings is 3. The van der Waals surface area contributed by atoms with E-state index < -0.39 is 17.3 Å². The molecule has 1 fully saturated rings. The van der Waals surface area contributed by atoms with Gasteiger partial charge in [0.25, 0.3) is 5.56 Å². The molecule has 3 aromatic heterocycles. The fourth-order valence-corrected chi connectivity index (χ4v) is 4.18. The standard InChI is InChI=1S/C27H26FN5O5/c1-36-27(35)19-3-2-8-33(26(19)34)18-4-5-23(21(28)15-18)31-22-6-7-29-24-16-25(30-17-20(22)24)38-14-11-32-9-12-37-13-10-32/h2-8,15-17H,9-14H2,1H3,(H,29,31). The Bertz CT molecular complexity index is 1520. The number of fused-ring (bicyclic) bond motifs is 1. The molecule has 0 spiro atoms. The van der Waals surface area contributed by atoms with Gasteiger partial charge in [-0.15, -0.1) is 0 Å².